The summed E-state index contributed by atoms with van der Waals surface area (Å²) in [5.41, 5.74) is 0. The van der Waals surface area contributed by atoms with Gasteiger partial charge in [0.1, 0.15) is 6.23 Å². The molecule has 1 aliphatic heterocycles. The second-order valence-corrected chi connectivity index (χ2v) is 4.21. The molecule has 0 unspecified atom stereocenters. The first-order valence-corrected chi connectivity index (χ1v) is 5.12. The molecule has 2 heteroatoms. The minimum absolute atomic E-state index is 0.337. The maximum absolute atomic E-state index is 5.69. The van der Waals surface area contributed by atoms with Crippen LogP contribution in [0.2, 0.25) is 0 Å². The average Bonchev–Trinajstić information content (AvgIpc) is 2.12. The Hall–Kier alpha value is -0.0800. The Morgan fingerprint density at radius 1 is 1.25 bits per heavy atom. The van der Waals surface area contributed by atoms with Crippen LogP contribution in [0.15, 0.2) is 0 Å². The Bertz CT molecular complexity index is 158. The zero-order valence-electron chi connectivity index (χ0n) is 8.12. The monoisotopic (exact) mass is 169 g/mol. The average molecular weight is 169 g/mol. The van der Waals surface area contributed by atoms with Crippen LogP contribution in [0.5, 0.6) is 0 Å². The summed E-state index contributed by atoms with van der Waals surface area (Å²) in [5, 5.41) is 0. The number of nitrogens with zero attached hydrogens (tertiary/aromatic N) is 1. The molecule has 1 saturated heterocycles. The van der Waals surface area contributed by atoms with Gasteiger partial charge >= 0.3 is 0 Å². The van der Waals surface area contributed by atoms with Crippen molar-refractivity contribution in [2.24, 2.45) is 5.92 Å². The van der Waals surface area contributed by atoms with E-state index >= 15 is 0 Å². The minimum Gasteiger partial charge on any atom is -0.363 e. The molecule has 0 N–H and O–H groups in total. The SMILES string of the molecule is C[C@H]1OC[C@H]2CCCC[C@H]2N1C. The molecular formula is C10H19NO. The van der Waals surface area contributed by atoms with E-state index in [4.69, 9.17) is 4.74 Å². The van der Waals surface area contributed by atoms with Gasteiger partial charge in [-0.1, -0.05) is 12.8 Å². The summed E-state index contributed by atoms with van der Waals surface area (Å²) in [4.78, 5) is 2.41. The number of hydrogen-bond acceptors (Lipinski definition) is 2. The predicted molar refractivity (Wildman–Crippen MR) is 48.9 cm³/mol. The van der Waals surface area contributed by atoms with Gasteiger partial charge in [0.15, 0.2) is 0 Å². The van der Waals surface area contributed by atoms with Crippen molar-refractivity contribution in [3.05, 3.63) is 0 Å². The van der Waals surface area contributed by atoms with E-state index < -0.39 is 0 Å². The van der Waals surface area contributed by atoms with Gasteiger partial charge in [-0.25, -0.2) is 0 Å². The van der Waals surface area contributed by atoms with Crippen LogP contribution in [0.1, 0.15) is 32.6 Å². The zero-order valence-corrected chi connectivity index (χ0v) is 8.12. The zero-order chi connectivity index (χ0) is 8.55. The second kappa shape index (κ2) is 3.35. The first kappa shape index (κ1) is 8.52. The van der Waals surface area contributed by atoms with Crippen LogP contribution in [-0.2, 0) is 4.74 Å². The molecule has 1 saturated carbocycles. The van der Waals surface area contributed by atoms with E-state index in [1.165, 1.54) is 25.7 Å². The van der Waals surface area contributed by atoms with E-state index in [1.807, 2.05) is 0 Å². The third-order valence-corrected chi connectivity index (χ3v) is 3.52. The van der Waals surface area contributed by atoms with Gasteiger partial charge in [0, 0.05) is 6.04 Å². The van der Waals surface area contributed by atoms with Crippen LogP contribution in [0.4, 0.5) is 0 Å². The molecule has 3 atom stereocenters. The molecule has 2 nitrogen and oxygen atoms in total. The fourth-order valence-corrected chi connectivity index (χ4v) is 2.57. The first-order chi connectivity index (χ1) is 5.79. The Morgan fingerprint density at radius 3 is 2.83 bits per heavy atom. The molecule has 0 radical (unpaired) electrons. The Morgan fingerprint density at radius 2 is 2.00 bits per heavy atom. The van der Waals surface area contributed by atoms with Gasteiger partial charge in [0.2, 0.25) is 0 Å². The molecule has 0 bridgehead atoms. The quantitative estimate of drug-likeness (QED) is 0.549. The highest BCUT2D eigenvalue weighted by atomic mass is 16.5. The van der Waals surface area contributed by atoms with Crippen LogP contribution in [0, 0.1) is 5.92 Å². The van der Waals surface area contributed by atoms with Gasteiger partial charge in [-0.2, -0.15) is 0 Å². The summed E-state index contributed by atoms with van der Waals surface area (Å²) in [7, 11) is 2.20. The van der Waals surface area contributed by atoms with Crippen LogP contribution in [0.25, 0.3) is 0 Å². The van der Waals surface area contributed by atoms with Gasteiger partial charge in [-0.3, -0.25) is 4.90 Å². The van der Waals surface area contributed by atoms with Gasteiger partial charge in [-0.15, -0.1) is 0 Å². The summed E-state index contributed by atoms with van der Waals surface area (Å²) in [6.45, 7) is 3.15. The summed E-state index contributed by atoms with van der Waals surface area (Å²) < 4.78 is 5.69. The standard InChI is InChI=1S/C10H19NO/c1-8-11(2)10-6-4-3-5-9(10)7-12-8/h8-10H,3-7H2,1-2H3/t8-,9-,10-/m1/s1. The predicted octanol–water partition coefficient (Wildman–Crippen LogP) is 1.85. The Balaban J connectivity index is 2.03. The van der Waals surface area contributed by atoms with Crippen molar-refractivity contribution in [2.45, 2.75) is 44.9 Å². The molecular weight excluding hydrogens is 150 g/mol. The molecule has 0 aromatic heterocycles. The van der Waals surface area contributed by atoms with Crippen molar-refractivity contribution in [1.29, 1.82) is 0 Å². The summed E-state index contributed by atoms with van der Waals surface area (Å²) in [5.74, 6) is 0.819. The third-order valence-electron chi connectivity index (χ3n) is 3.52. The van der Waals surface area contributed by atoms with Gasteiger partial charge in [0.25, 0.3) is 0 Å². The fraction of sp³-hybridized carbons (Fsp3) is 1.00. The van der Waals surface area contributed by atoms with Crippen molar-refractivity contribution < 1.29 is 4.74 Å². The van der Waals surface area contributed by atoms with Gasteiger partial charge in [0.05, 0.1) is 6.61 Å². The molecule has 0 spiro atoms. The Kier molecular flexibility index (Phi) is 2.37. The number of fused-ring (bicyclic) bond motifs is 1. The lowest BCUT2D eigenvalue weighted by molar-refractivity contribution is -0.138. The van der Waals surface area contributed by atoms with Crippen molar-refractivity contribution in [3.63, 3.8) is 0 Å². The second-order valence-electron chi connectivity index (χ2n) is 4.21. The van der Waals surface area contributed by atoms with E-state index in [9.17, 15) is 0 Å². The molecule has 70 valence electrons. The number of ether oxygens (including phenoxy) is 1. The molecule has 2 rings (SSSR count). The molecule has 0 amide bonds. The molecule has 2 fully saturated rings. The molecule has 2 aliphatic rings. The molecule has 12 heavy (non-hydrogen) atoms. The lowest BCUT2D eigenvalue weighted by Gasteiger charge is -2.45. The van der Waals surface area contributed by atoms with Gasteiger partial charge in [-0.05, 0) is 32.7 Å². The fourth-order valence-electron chi connectivity index (χ4n) is 2.57. The smallest absolute Gasteiger partial charge is 0.107 e. The molecule has 1 heterocycles. The van der Waals surface area contributed by atoms with E-state index in [-0.39, 0.29) is 0 Å². The first-order valence-electron chi connectivity index (χ1n) is 5.12. The van der Waals surface area contributed by atoms with Crippen molar-refractivity contribution in [2.75, 3.05) is 13.7 Å². The van der Waals surface area contributed by atoms with Gasteiger partial charge < -0.3 is 4.74 Å². The normalized spacial score (nSPS) is 44.0. The maximum Gasteiger partial charge on any atom is 0.107 e. The van der Waals surface area contributed by atoms with Crippen LogP contribution < -0.4 is 0 Å². The third kappa shape index (κ3) is 1.38. The summed E-state index contributed by atoms with van der Waals surface area (Å²) >= 11 is 0. The molecule has 0 aromatic rings. The molecule has 0 aromatic carbocycles. The van der Waals surface area contributed by atoms with Crippen LogP contribution >= 0.6 is 0 Å². The maximum atomic E-state index is 5.69. The summed E-state index contributed by atoms with van der Waals surface area (Å²) in [6, 6.07) is 0.808. The highest BCUT2D eigenvalue weighted by Crippen LogP contribution is 2.32. The lowest BCUT2D eigenvalue weighted by Crippen LogP contribution is -2.52. The highest BCUT2D eigenvalue weighted by Gasteiger charge is 2.34. The number of hydrogen-bond donors (Lipinski definition) is 0. The van der Waals surface area contributed by atoms with E-state index in [0.29, 0.717) is 6.23 Å². The summed E-state index contributed by atoms with van der Waals surface area (Å²) in [6.07, 6.45) is 5.92. The largest absolute Gasteiger partial charge is 0.363 e. The number of rotatable bonds is 0. The van der Waals surface area contributed by atoms with Crippen LogP contribution in [0.3, 0.4) is 0 Å². The van der Waals surface area contributed by atoms with E-state index in [1.54, 1.807) is 0 Å². The van der Waals surface area contributed by atoms with Crippen molar-refractivity contribution in [3.8, 4) is 0 Å². The molecule has 1 aliphatic carbocycles. The van der Waals surface area contributed by atoms with Crippen molar-refractivity contribution in [1.82, 2.24) is 4.90 Å². The topological polar surface area (TPSA) is 12.5 Å². The minimum atomic E-state index is 0.337. The van der Waals surface area contributed by atoms with E-state index in [2.05, 4.69) is 18.9 Å². The van der Waals surface area contributed by atoms with Crippen molar-refractivity contribution >= 4 is 0 Å². The Labute approximate surface area is 74.9 Å². The highest BCUT2D eigenvalue weighted by molar-refractivity contribution is 4.85. The van der Waals surface area contributed by atoms with Crippen LogP contribution in [-0.4, -0.2) is 30.8 Å². The van der Waals surface area contributed by atoms with E-state index in [0.717, 1.165) is 18.6 Å². The lowest BCUT2D eigenvalue weighted by atomic mass is 9.83.